The minimum Gasteiger partial charge on any atom is -0.493 e. The van der Waals surface area contributed by atoms with Crippen molar-refractivity contribution in [2.45, 2.75) is 55.1 Å². The van der Waals surface area contributed by atoms with Gasteiger partial charge in [-0.25, -0.2) is 0 Å². The summed E-state index contributed by atoms with van der Waals surface area (Å²) in [5.41, 5.74) is -0.161. The number of aliphatic hydroxyl groups is 3. The zero-order valence-electron chi connectivity index (χ0n) is 22.6. The zero-order chi connectivity index (χ0) is 29.8. The summed E-state index contributed by atoms with van der Waals surface area (Å²) < 4.78 is 40.1. The van der Waals surface area contributed by atoms with Gasteiger partial charge >= 0.3 is 11.9 Å². The largest absolute Gasteiger partial charge is 0.493 e. The van der Waals surface area contributed by atoms with Crippen molar-refractivity contribution in [2.75, 3.05) is 27.4 Å². The van der Waals surface area contributed by atoms with E-state index in [4.69, 9.17) is 38.3 Å². The third-order valence-electron chi connectivity index (χ3n) is 7.88. The lowest BCUT2D eigenvalue weighted by molar-refractivity contribution is -0.312. The third-order valence-corrected chi connectivity index (χ3v) is 7.88. The molecule has 7 unspecified atom stereocenters. The number of rotatable bonds is 6. The molecule has 222 valence electrons. The van der Waals surface area contributed by atoms with E-state index in [1.165, 1.54) is 7.11 Å². The Kier molecular flexibility index (Phi) is 7.02. The van der Waals surface area contributed by atoms with Gasteiger partial charge < -0.3 is 53.6 Å². The summed E-state index contributed by atoms with van der Waals surface area (Å²) in [5, 5.41) is 41.7. The second-order valence-electron chi connectivity index (χ2n) is 10.3. The van der Waals surface area contributed by atoms with Crippen molar-refractivity contribution in [1.29, 1.82) is 0 Å². The number of fused-ring (bicyclic) bond motifs is 8. The highest BCUT2D eigenvalue weighted by Crippen LogP contribution is 2.56. The van der Waals surface area contributed by atoms with E-state index in [-0.39, 0.29) is 18.1 Å². The minimum absolute atomic E-state index is 0.139. The normalized spacial score (nSPS) is 29.9. The minimum atomic E-state index is -2.17. The van der Waals surface area contributed by atoms with Crippen LogP contribution in [0.4, 0.5) is 0 Å². The van der Waals surface area contributed by atoms with Crippen molar-refractivity contribution in [1.82, 2.24) is 0 Å². The van der Waals surface area contributed by atoms with Crippen molar-refractivity contribution in [3.63, 3.8) is 0 Å². The highest BCUT2D eigenvalue weighted by atomic mass is 16.7. The number of hydrogen-bond acceptors (Lipinski definition) is 12. The number of benzene rings is 2. The molecule has 0 radical (unpaired) electrons. The van der Waals surface area contributed by atoms with E-state index < -0.39 is 61.3 Å². The zero-order valence-corrected chi connectivity index (χ0v) is 22.6. The first-order chi connectivity index (χ1) is 20.1. The monoisotopic (exact) mass is 584 g/mol. The Morgan fingerprint density at radius 3 is 2.64 bits per heavy atom. The van der Waals surface area contributed by atoms with Gasteiger partial charge in [-0.15, -0.1) is 0 Å². The molecule has 13 heteroatoms. The van der Waals surface area contributed by atoms with Crippen LogP contribution < -0.4 is 23.7 Å². The third kappa shape index (κ3) is 4.53. The Hall–Kier alpha value is -4.22. The molecule has 13 nitrogen and oxygen atoms in total. The Bertz CT molecular complexity index is 1490. The van der Waals surface area contributed by atoms with Crippen LogP contribution in [-0.4, -0.2) is 90.0 Å². The fraction of sp³-hybridized carbons (Fsp3) is 0.448. The fourth-order valence-corrected chi connectivity index (χ4v) is 5.70. The molecule has 0 saturated carbocycles. The van der Waals surface area contributed by atoms with Crippen molar-refractivity contribution < 1.29 is 63.2 Å². The second-order valence-corrected chi connectivity index (χ2v) is 10.3. The standard InChI is InChI=1S/C29H28O13/c1-36-17-6-5-14-16-11-38-19-9-18-13(8-15(19)24(16)42-25(14)26(17)37-2)4-3-7-29(35)20(12-39-22(32)10-21(30)31)41-28(40-18)23(33)27(29)34/h5-6,8-9,16,20,23-24,27-28,33-35H,7,10-12H2,1-2H3,(H,30,31). The number of carboxylic acid groups (broad SMARTS) is 1. The lowest BCUT2D eigenvalue weighted by atomic mass is 9.81. The molecule has 0 amide bonds. The van der Waals surface area contributed by atoms with Gasteiger partial charge in [-0.05, 0) is 12.1 Å². The molecule has 2 aromatic carbocycles. The summed E-state index contributed by atoms with van der Waals surface area (Å²) >= 11 is 0. The Morgan fingerprint density at radius 1 is 1.10 bits per heavy atom. The maximum absolute atomic E-state index is 11.8. The van der Waals surface area contributed by atoms with Gasteiger partial charge in [0.25, 0.3) is 0 Å². The van der Waals surface area contributed by atoms with E-state index in [0.717, 1.165) is 5.56 Å². The van der Waals surface area contributed by atoms with Crippen LogP contribution in [0.2, 0.25) is 0 Å². The molecule has 5 aliphatic heterocycles. The number of carbonyl (C=O) groups excluding carboxylic acids is 1. The summed E-state index contributed by atoms with van der Waals surface area (Å²) in [6.45, 7) is -0.313. The number of carboxylic acids is 1. The van der Waals surface area contributed by atoms with E-state index in [1.54, 1.807) is 19.2 Å². The number of aliphatic hydroxyl groups excluding tert-OH is 2. The van der Waals surface area contributed by atoms with Crippen molar-refractivity contribution in [2.24, 2.45) is 0 Å². The molecular weight excluding hydrogens is 556 g/mol. The highest BCUT2D eigenvalue weighted by molar-refractivity contribution is 5.90. The highest BCUT2D eigenvalue weighted by Gasteiger charge is 2.56. The molecule has 1 saturated heterocycles. The van der Waals surface area contributed by atoms with Crippen LogP contribution >= 0.6 is 0 Å². The molecule has 5 aliphatic rings. The van der Waals surface area contributed by atoms with E-state index in [0.29, 0.717) is 40.7 Å². The maximum Gasteiger partial charge on any atom is 0.317 e. The molecule has 0 aromatic heterocycles. The molecule has 0 aliphatic carbocycles. The average molecular weight is 585 g/mol. The van der Waals surface area contributed by atoms with Crippen molar-refractivity contribution in [3.05, 3.63) is 41.0 Å². The maximum atomic E-state index is 11.8. The topological polar surface area (TPSA) is 180 Å². The molecular formula is C29H28O13. The molecule has 42 heavy (non-hydrogen) atoms. The van der Waals surface area contributed by atoms with E-state index in [1.807, 2.05) is 12.1 Å². The SMILES string of the molecule is COc1ccc2c(c1OC)OC1c3cc4c(cc3OCC21)OC1OC(COC(=O)CC(=O)O)C(O)(CC#C4)C(O)C1O. The van der Waals surface area contributed by atoms with Gasteiger partial charge in [0, 0.05) is 23.6 Å². The van der Waals surface area contributed by atoms with Gasteiger partial charge in [0.2, 0.25) is 12.0 Å². The Labute approximate surface area is 239 Å². The van der Waals surface area contributed by atoms with Crippen LogP contribution in [0.15, 0.2) is 24.3 Å². The Balaban J connectivity index is 1.32. The number of aliphatic carboxylic acids is 1. The number of methoxy groups -OCH3 is 2. The fourth-order valence-electron chi connectivity index (χ4n) is 5.70. The molecule has 4 N–H and O–H groups in total. The van der Waals surface area contributed by atoms with Crippen LogP contribution in [0.3, 0.4) is 0 Å². The van der Waals surface area contributed by atoms with Crippen LogP contribution in [0.1, 0.15) is 41.6 Å². The molecule has 2 bridgehead atoms. The first-order valence-corrected chi connectivity index (χ1v) is 13.1. The molecule has 2 aromatic rings. The van der Waals surface area contributed by atoms with Gasteiger partial charge in [-0.3, -0.25) is 9.59 Å². The first-order valence-electron chi connectivity index (χ1n) is 13.1. The van der Waals surface area contributed by atoms with E-state index >= 15 is 0 Å². The van der Waals surface area contributed by atoms with Crippen LogP contribution in [-0.2, 0) is 19.1 Å². The predicted octanol–water partition coefficient (Wildman–Crippen LogP) is 0.643. The molecule has 0 spiro atoms. The molecule has 7 rings (SSSR count). The quantitative estimate of drug-likeness (QED) is 0.211. The van der Waals surface area contributed by atoms with Crippen molar-refractivity contribution in [3.8, 4) is 40.6 Å². The Morgan fingerprint density at radius 2 is 1.90 bits per heavy atom. The molecule has 5 heterocycles. The van der Waals surface area contributed by atoms with Crippen LogP contribution in [0.5, 0.6) is 28.7 Å². The summed E-state index contributed by atoms with van der Waals surface area (Å²) in [6.07, 6.45) is -8.08. The summed E-state index contributed by atoms with van der Waals surface area (Å²) in [5.74, 6) is 5.38. The summed E-state index contributed by atoms with van der Waals surface area (Å²) in [6, 6.07) is 7.06. The number of carbonyl (C=O) groups is 2. The number of hydrogen-bond donors (Lipinski definition) is 4. The van der Waals surface area contributed by atoms with Gasteiger partial charge in [-0.2, -0.15) is 0 Å². The van der Waals surface area contributed by atoms with Crippen LogP contribution in [0.25, 0.3) is 0 Å². The summed E-state index contributed by atoms with van der Waals surface area (Å²) in [7, 11) is 3.08. The van der Waals surface area contributed by atoms with Crippen molar-refractivity contribution >= 4 is 11.9 Å². The van der Waals surface area contributed by atoms with E-state index in [9.17, 15) is 24.9 Å². The second kappa shape index (κ2) is 10.6. The smallest absolute Gasteiger partial charge is 0.317 e. The van der Waals surface area contributed by atoms with Gasteiger partial charge in [0.1, 0.15) is 54.5 Å². The number of esters is 1. The molecule has 1 fully saturated rings. The lowest BCUT2D eigenvalue weighted by Gasteiger charge is -2.47. The molecule has 7 atom stereocenters. The number of ether oxygens (including phenoxy) is 7. The van der Waals surface area contributed by atoms with Crippen LogP contribution in [0, 0.1) is 11.8 Å². The van der Waals surface area contributed by atoms with E-state index in [2.05, 4.69) is 11.8 Å². The first kappa shape index (κ1) is 27.9. The van der Waals surface area contributed by atoms with Gasteiger partial charge in [0.05, 0.1) is 32.3 Å². The van der Waals surface area contributed by atoms with Gasteiger partial charge in [0.15, 0.2) is 11.5 Å². The predicted molar refractivity (Wildman–Crippen MR) is 139 cm³/mol. The summed E-state index contributed by atoms with van der Waals surface area (Å²) in [4.78, 5) is 22.6. The lowest BCUT2D eigenvalue weighted by Crippen LogP contribution is -2.68. The average Bonchev–Trinajstić information content (AvgIpc) is 3.35. The van der Waals surface area contributed by atoms with Gasteiger partial charge in [-0.1, -0.05) is 17.9 Å².